The molecule has 1 unspecified atom stereocenters. The van der Waals surface area contributed by atoms with E-state index >= 15 is 0 Å². The Labute approximate surface area is 147 Å². The van der Waals surface area contributed by atoms with E-state index in [2.05, 4.69) is 14.9 Å². The van der Waals surface area contributed by atoms with Crippen molar-refractivity contribution in [2.45, 2.75) is 44.2 Å². The number of fused-ring (bicyclic) bond motifs is 1. The zero-order chi connectivity index (χ0) is 17.0. The molecule has 128 valence electrons. The van der Waals surface area contributed by atoms with Crippen LogP contribution in [0.2, 0.25) is 0 Å². The molecule has 1 amide bonds. The highest BCUT2D eigenvalue weighted by Gasteiger charge is 2.40. The third-order valence-electron chi connectivity index (χ3n) is 5.78. The third-order valence-corrected chi connectivity index (χ3v) is 5.78. The monoisotopic (exact) mass is 334 g/mol. The van der Waals surface area contributed by atoms with Gasteiger partial charge in [-0.25, -0.2) is 4.98 Å². The first-order valence-corrected chi connectivity index (χ1v) is 9.16. The van der Waals surface area contributed by atoms with Crippen LogP contribution in [0, 0.1) is 0 Å². The lowest BCUT2D eigenvalue weighted by molar-refractivity contribution is 0.0647. The van der Waals surface area contributed by atoms with Crippen molar-refractivity contribution in [1.82, 2.24) is 14.5 Å². The van der Waals surface area contributed by atoms with E-state index in [-0.39, 0.29) is 5.91 Å². The number of carbonyl (C=O) groups excluding carboxylic acids is 1. The minimum Gasteiger partial charge on any atom is -0.336 e. The predicted molar refractivity (Wildman–Crippen MR) is 97.9 cm³/mol. The largest absolute Gasteiger partial charge is 0.336 e. The second kappa shape index (κ2) is 5.55. The molecule has 2 aromatic heterocycles. The first-order valence-electron chi connectivity index (χ1n) is 9.16. The van der Waals surface area contributed by atoms with Crippen molar-refractivity contribution in [3.8, 4) is 0 Å². The summed E-state index contributed by atoms with van der Waals surface area (Å²) in [6.07, 6.45) is 11.1. The topological polar surface area (TPSA) is 50.5 Å². The van der Waals surface area contributed by atoms with E-state index in [4.69, 9.17) is 0 Å². The maximum absolute atomic E-state index is 13.5. The quantitative estimate of drug-likeness (QED) is 0.866. The van der Waals surface area contributed by atoms with Crippen LogP contribution >= 0.6 is 0 Å². The average Bonchev–Trinajstić information content (AvgIpc) is 3.22. The van der Waals surface area contributed by atoms with E-state index in [0.717, 1.165) is 55.2 Å². The Kier molecular flexibility index (Phi) is 3.30. The Morgan fingerprint density at radius 2 is 2.12 bits per heavy atom. The summed E-state index contributed by atoms with van der Waals surface area (Å²) in [6, 6.07) is 4.59. The number of rotatable bonds is 3. The predicted octanol–water partition coefficient (Wildman–Crippen LogP) is 3.11. The molecule has 5 rings (SSSR count). The van der Waals surface area contributed by atoms with Crippen molar-refractivity contribution in [3.63, 3.8) is 0 Å². The van der Waals surface area contributed by atoms with Gasteiger partial charge in [0.1, 0.15) is 5.65 Å². The summed E-state index contributed by atoms with van der Waals surface area (Å²) < 4.78 is 1.97. The van der Waals surface area contributed by atoms with E-state index in [1.54, 1.807) is 6.20 Å². The van der Waals surface area contributed by atoms with Gasteiger partial charge in [0.2, 0.25) is 0 Å². The van der Waals surface area contributed by atoms with Gasteiger partial charge in [0, 0.05) is 43.1 Å². The number of nitrogens with zero attached hydrogens (tertiary/aromatic N) is 4. The summed E-state index contributed by atoms with van der Waals surface area (Å²) in [7, 11) is 1.97. The van der Waals surface area contributed by atoms with Crippen LogP contribution in [-0.2, 0) is 7.05 Å². The molecule has 0 radical (unpaired) electrons. The number of amides is 1. The Bertz CT molecular complexity index is 919. The molecule has 0 saturated heterocycles. The molecule has 25 heavy (non-hydrogen) atoms. The van der Waals surface area contributed by atoms with E-state index < -0.39 is 0 Å². The first-order chi connectivity index (χ1) is 12.2. The lowest BCUT2D eigenvalue weighted by Crippen LogP contribution is -2.43. The zero-order valence-electron chi connectivity index (χ0n) is 14.5. The molecule has 2 aliphatic carbocycles. The summed E-state index contributed by atoms with van der Waals surface area (Å²) in [4.78, 5) is 24.5. The third kappa shape index (κ3) is 2.41. The molecule has 3 aliphatic rings. The summed E-state index contributed by atoms with van der Waals surface area (Å²) in [5.41, 5.74) is 4.51. The van der Waals surface area contributed by atoms with E-state index in [1.165, 1.54) is 11.1 Å². The van der Waals surface area contributed by atoms with Crippen molar-refractivity contribution in [2.24, 2.45) is 12.0 Å². The van der Waals surface area contributed by atoms with Gasteiger partial charge in [0.25, 0.3) is 5.91 Å². The lowest BCUT2D eigenvalue weighted by Gasteiger charge is -2.35. The van der Waals surface area contributed by atoms with Crippen molar-refractivity contribution in [1.29, 1.82) is 0 Å². The molecule has 3 heterocycles. The molecule has 0 aromatic carbocycles. The summed E-state index contributed by atoms with van der Waals surface area (Å²) in [5.74, 6) is 0.171. The number of aryl methyl sites for hydroxylation is 1. The molecular formula is C20H22N4O. The Hall–Kier alpha value is -2.43. The number of aliphatic imine (C=N–C) groups is 1. The van der Waals surface area contributed by atoms with Gasteiger partial charge in [0.15, 0.2) is 0 Å². The average molecular weight is 334 g/mol. The number of aromatic nitrogens is 2. The van der Waals surface area contributed by atoms with Crippen molar-refractivity contribution < 1.29 is 4.79 Å². The molecule has 1 atom stereocenters. The maximum Gasteiger partial charge on any atom is 0.255 e. The molecule has 1 fully saturated rings. The highest BCUT2D eigenvalue weighted by Crippen LogP contribution is 2.38. The van der Waals surface area contributed by atoms with Crippen molar-refractivity contribution >= 4 is 23.2 Å². The zero-order valence-corrected chi connectivity index (χ0v) is 14.5. The van der Waals surface area contributed by atoms with Gasteiger partial charge >= 0.3 is 0 Å². The molecule has 0 N–H and O–H groups in total. The van der Waals surface area contributed by atoms with Gasteiger partial charge in [-0.2, -0.15) is 0 Å². The van der Waals surface area contributed by atoms with Crippen LogP contribution < -0.4 is 0 Å². The standard InChI is InChI=1S/C20H22N4O/c1-23-9-7-17-18(6-8-22-19(17)23)20(25)24(15-4-5-15)16-3-2-13-11-21-12-14(13)10-16/h6-9,12,15-16H,2-5,10-11H2,1H3. The van der Waals surface area contributed by atoms with Gasteiger partial charge < -0.3 is 9.47 Å². The van der Waals surface area contributed by atoms with Crippen LogP contribution in [0.3, 0.4) is 0 Å². The summed E-state index contributed by atoms with van der Waals surface area (Å²) in [5, 5.41) is 0.957. The van der Waals surface area contributed by atoms with Gasteiger partial charge in [-0.1, -0.05) is 0 Å². The van der Waals surface area contributed by atoms with E-state index in [9.17, 15) is 4.79 Å². The second-order valence-electron chi connectivity index (χ2n) is 7.46. The maximum atomic E-state index is 13.5. The van der Waals surface area contributed by atoms with Crippen LogP contribution in [0.25, 0.3) is 11.0 Å². The van der Waals surface area contributed by atoms with Gasteiger partial charge in [-0.15, -0.1) is 0 Å². The normalized spacial score (nSPS) is 22.5. The fraction of sp³-hybridized carbons (Fsp3) is 0.450. The fourth-order valence-electron chi connectivity index (χ4n) is 4.30. The van der Waals surface area contributed by atoms with Gasteiger partial charge in [0.05, 0.1) is 12.1 Å². The van der Waals surface area contributed by atoms with Crippen molar-refractivity contribution in [2.75, 3.05) is 6.54 Å². The highest BCUT2D eigenvalue weighted by molar-refractivity contribution is 6.06. The van der Waals surface area contributed by atoms with Crippen LogP contribution in [0.1, 0.15) is 42.5 Å². The lowest BCUT2D eigenvalue weighted by atomic mass is 9.88. The second-order valence-corrected chi connectivity index (χ2v) is 7.46. The highest BCUT2D eigenvalue weighted by atomic mass is 16.2. The molecule has 5 heteroatoms. The fourth-order valence-corrected chi connectivity index (χ4v) is 4.30. The van der Waals surface area contributed by atoms with Crippen LogP contribution in [-0.4, -0.2) is 45.2 Å². The van der Waals surface area contributed by atoms with Crippen molar-refractivity contribution in [3.05, 3.63) is 41.2 Å². The van der Waals surface area contributed by atoms with Gasteiger partial charge in [-0.05, 0) is 55.4 Å². The Morgan fingerprint density at radius 1 is 1.24 bits per heavy atom. The summed E-state index contributed by atoms with van der Waals surface area (Å²) >= 11 is 0. The van der Waals surface area contributed by atoms with E-state index in [1.807, 2.05) is 36.2 Å². The molecule has 1 aliphatic heterocycles. The SMILES string of the molecule is Cn1ccc2c(C(=O)N(C3CC3)C3CCC4=C(C=NC4)C3)ccnc21. The molecule has 1 saturated carbocycles. The minimum atomic E-state index is 0.171. The molecule has 5 nitrogen and oxygen atoms in total. The molecule has 2 aromatic rings. The number of hydrogen-bond acceptors (Lipinski definition) is 3. The van der Waals surface area contributed by atoms with Crippen LogP contribution in [0.5, 0.6) is 0 Å². The summed E-state index contributed by atoms with van der Waals surface area (Å²) in [6.45, 7) is 0.869. The number of carbonyl (C=O) groups is 1. The Morgan fingerprint density at radius 3 is 2.96 bits per heavy atom. The number of pyridine rings is 1. The van der Waals surface area contributed by atoms with E-state index in [0.29, 0.717) is 12.1 Å². The van der Waals surface area contributed by atoms with Gasteiger partial charge in [-0.3, -0.25) is 9.79 Å². The number of hydrogen-bond donors (Lipinski definition) is 0. The molecule has 0 spiro atoms. The molecule has 0 bridgehead atoms. The Balaban J connectivity index is 1.50. The smallest absolute Gasteiger partial charge is 0.255 e. The first kappa shape index (κ1) is 14.9. The van der Waals surface area contributed by atoms with Crippen LogP contribution in [0.15, 0.2) is 40.7 Å². The minimum absolute atomic E-state index is 0.171. The van der Waals surface area contributed by atoms with Crippen LogP contribution in [0.4, 0.5) is 0 Å². The molecular weight excluding hydrogens is 312 g/mol.